The zero-order valence-corrected chi connectivity index (χ0v) is 8.97. The Bertz CT molecular complexity index is 343. The summed E-state index contributed by atoms with van der Waals surface area (Å²) < 4.78 is 0.759. The van der Waals surface area contributed by atoms with Crippen LogP contribution in [-0.2, 0) is 4.79 Å². The minimum Gasteiger partial charge on any atom is -0.368 e. The van der Waals surface area contributed by atoms with E-state index in [9.17, 15) is 4.79 Å². The molecule has 0 spiro atoms. The number of hydrogen-bond donors (Lipinski definition) is 2. The van der Waals surface area contributed by atoms with Gasteiger partial charge in [-0.3, -0.25) is 4.79 Å². The molecular weight excluding hydrogens is 255 g/mol. The Morgan fingerprint density at radius 2 is 2.15 bits per heavy atom. The van der Waals surface area contributed by atoms with Crippen molar-refractivity contribution in [2.24, 2.45) is 11.5 Å². The molecule has 0 aromatic heterocycles. The molecule has 0 aliphatic rings. The van der Waals surface area contributed by atoms with Crippen molar-refractivity contribution in [1.82, 2.24) is 0 Å². The van der Waals surface area contributed by atoms with E-state index in [1.807, 2.05) is 0 Å². The third-order valence-electron chi connectivity index (χ3n) is 1.61. The van der Waals surface area contributed by atoms with E-state index in [2.05, 4.69) is 15.9 Å². The number of amides is 1. The van der Waals surface area contributed by atoms with Crippen LogP contribution >= 0.6 is 27.5 Å². The van der Waals surface area contributed by atoms with Crippen LogP contribution in [0.5, 0.6) is 0 Å². The molecule has 1 atom stereocenters. The highest BCUT2D eigenvalue weighted by molar-refractivity contribution is 9.10. The van der Waals surface area contributed by atoms with Gasteiger partial charge in [-0.05, 0) is 33.6 Å². The predicted molar refractivity (Wildman–Crippen MR) is 55.3 cm³/mol. The first-order chi connectivity index (χ1) is 6.02. The van der Waals surface area contributed by atoms with Gasteiger partial charge in [0.05, 0.1) is 5.02 Å². The van der Waals surface area contributed by atoms with Crippen LogP contribution < -0.4 is 11.5 Å². The molecule has 0 saturated carbocycles. The van der Waals surface area contributed by atoms with E-state index in [0.717, 1.165) is 4.47 Å². The summed E-state index contributed by atoms with van der Waals surface area (Å²) in [6, 6.07) is 4.23. The lowest BCUT2D eigenvalue weighted by Gasteiger charge is -2.08. The van der Waals surface area contributed by atoms with Gasteiger partial charge in [-0.2, -0.15) is 0 Å². The van der Waals surface area contributed by atoms with Crippen molar-refractivity contribution in [3.05, 3.63) is 33.3 Å². The van der Waals surface area contributed by atoms with Crippen molar-refractivity contribution in [1.29, 1.82) is 0 Å². The summed E-state index contributed by atoms with van der Waals surface area (Å²) in [4.78, 5) is 10.7. The topological polar surface area (TPSA) is 69.1 Å². The van der Waals surface area contributed by atoms with Crippen LogP contribution in [-0.4, -0.2) is 5.91 Å². The molecule has 0 fully saturated rings. The third kappa shape index (κ3) is 2.43. The average molecular weight is 264 g/mol. The standard InChI is InChI=1S/C8H8BrClN2O/c9-5-2-1-4(3-6(5)10)7(11)8(12)13/h1-3,7H,11H2,(H2,12,13). The molecule has 1 amide bonds. The molecular formula is C8H8BrClN2O. The predicted octanol–water partition coefficient (Wildman–Crippen LogP) is 1.59. The van der Waals surface area contributed by atoms with Crippen LogP contribution in [0.4, 0.5) is 0 Å². The Morgan fingerprint density at radius 3 is 2.62 bits per heavy atom. The lowest BCUT2D eigenvalue weighted by Crippen LogP contribution is -2.28. The summed E-state index contributed by atoms with van der Waals surface area (Å²) in [7, 11) is 0. The number of rotatable bonds is 2. The minimum atomic E-state index is -0.800. The summed E-state index contributed by atoms with van der Waals surface area (Å²) in [5, 5.41) is 0.509. The number of carbonyl (C=O) groups is 1. The molecule has 1 aromatic rings. The summed E-state index contributed by atoms with van der Waals surface area (Å²) >= 11 is 9.03. The second-order valence-electron chi connectivity index (χ2n) is 2.55. The monoisotopic (exact) mass is 262 g/mol. The minimum absolute atomic E-state index is 0.509. The first kappa shape index (κ1) is 10.5. The lowest BCUT2D eigenvalue weighted by atomic mass is 10.1. The number of halogens is 2. The molecule has 1 rings (SSSR count). The van der Waals surface area contributed by atoms with E-state index >= 15 is 0 Å². The van der Waals surface area contributed by atoms with Crippen molar-refractivity contribution < 1.29 is 4.79 Å². The lowest BCUT2D eigenvalue weighted by molar-refractivity contribution is -0.119. The van der Waals surface area contributed by atoms with Crippen LogP contribution in [0.1, 0.15) is 11.6 Å². The second-order valence-corrected chi connectivity index (χ2v) is 3.82. The van der Waals surface area contributed by atoms with Crippen LogP contribution in [0.15, 0.2) is 22.7 Å². The quantitative estimate of drug-likeness (QED) is 0.851. The van der Waals surface area contributed by atoms with Gasteiger partial charge in [0.25, 0.3) is 0 Å². The zero-order valence-electron chi connectivity index (χ0n) is 6.63. The maximum absolute atomic E-state index is 10.7. The highest BCUT2D eigenvalue weighted by atomic mass is 79.9. The molecule has 4 N–H and O–H groups in total. The van der Waals surface area contributed by atoms with Crippen LogP contribution in [0.3, 0.4) is 0 Å². The normalized spacial score (nSPS) is 12.5. The first-order valence-corrected chi connectivity index (χ1v) is 4.69. The van der Waals surface area contributed by atoms with Crippen molar-refractivity contribution in [3.8, 4) is 0 Å². The van der Waals surface area contributed by atoms with E-state index in [0.29, 0.717) is 10.6 Å². The molecule has 0 bridgehead atoms. The largest absolute Gasteiger partial charge is 0.368 e. The summed E-state index contributed by atoms with van der Waals surface area (Å²) in [6.45, 7) is 0. The Hall–Kier alpha value is -0.580. The maximum atomic E-state index is 10.7. The Labute approximate surface area is 89.2 Å². The Morgan fingerprint density at radius 1 is 1.54 bits per heavy atom. The van der Waals surface area contributed by atoms with Gasteiger partial charge in [0.2, 0.25) is 5.91 Å². The molecule has 0 aliphatic carbocycles. The number of hydrogen-bond acceptors (Lipinski definition) is 2. The first-order valence-electron chi connectivity index (χ1n) is 3.52. The molecule has 0 radical (unpaired) electrons. The molecule has 70 valence electrons. The third-order valence-corrected chi connectivity index (χ3v) is 2.84. The number of primary amides is 1. The Kier molecular flexibility index (Phi) is 3.30. The van der Waals surface area contributed by atoms with Gasteiger partial charge >= 0.3 is 0 Å². The smallest absolute Gasteiger partial charge is 0.238 e. The number of nitrogens with two attached hydrogens (primary N) is 2. The van der Waals surface area contributed by atoms with Gasteiger partial charge in [-0.15, -0.1) is 0 Å². The van der Waals surface area contributed by atoms with E-state index in [-0.39, 0.29) is 0 Å². The highest BCUT2D eigenvalue weighted by Gasteiger charge is 2.12. The van der Waals surface area contributed by atoms with Gasteiger partial charge in [-0.1, -0.05) is 17.7 Å². The molecule has 0 aliphatic heterocycles. The molecule has 1 aromatic carbocycles. The highest BCUT2D eigenvalue weighted by Crippen LogP contribution is 2.25. The van der Waals surface area contributed by atoms with Crippen LogP contribution in [0, 0.1) is 0 Å². The SMILES string of the molecule is NC(=O)C(N)c1ccc(Br)c(Cl)c1. The fourth-order valence-electron chi connectivity index (χ4n) is 0.870. The van der Waals surface area contributed by atoms with Gasteiger partial charge in [-0.25, -0.2) is 0 Å². The Balaban J connectivity index is 3.03. The number of benzene rings is 1. The van der Waals surface area contributed by atoms with Gasteiger partial charge in [0.15, 0.2) is 0 Å². The van der Waals surface area contributed by atoms with Crippen molar-refractivity contribution in [2.75, 3.05) is 0 Å². The van der Waals surface area contributed by atoms with Gasteiger partial charge in [0, 0.05) is 4.47 Å². The van der Waals surface area contributed by atoms with Gasteiger partial charge in [0.1, 0.15) is 6.04 Å². The average Bonchev–Trinajstić information content (AvgIpc) is 2.08. The molecule has 13 heavy (non-hydrogen) atoms. The van der Waals surface area contributed by atoms with E-state index < -0.39 is 11.9 Å². The molecule has 5 heteroatoms. The van der Waals surface area contributed by atoms with Gasteiger partial charge < -0.3 is 11.5 Å². The second kappa shape index (κ2) is 4.09. The van der Waals surface area contributed by atoms with E-state index in [1.165, 1.54) is 0 Å². The van der Waals surface area contributed by atoms with Crippen molar-refractivity contribution in [2.45, 2.75) is 6.04 Å². The number of carbonyl (C=O) groups excluding carboxylic acids is 1. The van der Waals surface area contributed by atoms with Crippen LogP contribution in [0.2, 0.25) is 5.02 Å². The zero-order chi connectivity index (χ0) is 10.0. The molecule has 0 heterocycles. The summed E-state index contributed by atoms with van der Waals surface area (Å²) in [6.07, 6.45) is 0. The fraction of sp³-hybridized carbons (Fsp3) is 0.125. The van der Waals surface area contributed by atoms with Crippen molar-refractivity contribution >= 4 is 33.4 Å². The van der Waals surface area contributed by atoms with Crippen molar-refractivity contribution in [3.63, 3.8) is 0 Å². The fourth-order valence-corrected chi connectivity index (χ4v) is 1.31. The molecule has 3 nitrogen and oxygen atoms in total. The van der Waals surface area contributed by atoms with E-state index in [1.54, 1.807) is 18.2 Å². The van der Waals surface area contributed by atoms with E-state index in [4.69, 9.17) is 23.1 Å². The maximum Gasteiger partial charge on any atom is 0.238 e. The molecule has 0 saturated heterocycles. The summed E-state index contributed by atoms with van der Waals surface area (Å²) in [5.41, 5.74) is 11.2. The van der Waals surface area contributed by atoms with Crippen LogP contribution in [0.25, 0.3) is 0 Å². The molecule has 1 unspecified atom stereocenters. The summed E-state index contributed by atoms with van der Waals surface area (Å²) in [5.74, 6) is -0.571.